The fourth-order valence-corrected chi connectivity index (χ4v) is 4.01. The predicted molar refractivity (Wildman–Crippen MR) is 136 cm³/mol. The molecule has 34 heavy (non-hydrogen) atoms. The maximum atomic E-state index is 13.7. The van der Waals surface area contributed by atoms with E-state index in [1.165, 1.54) is 6.07 Å². The Hall–Kier alpha value is -3.35. The van der Waals surface area contributed by atoms with E-state index in [9.17, 15) is 14.0 Å². The van der Waals surface area contributed by atoms with Crippen molar-refractivity contribution in [2.45, 2.75) is 72.9 Å². The molecule has 0 fully saturated rings. The van der Waals surface area contributed by atoms with Crippen molar-refractivity contribution in [3.05, 3.63) is 80.4 Å². The number of rotatable bonds is 7. The summed E-state index contributed by atoms with van der Waals surface area (Å²) >= 11 is 0. The summed E-state index contributed by atoms with van der Waals surface area (Å²) in [5.74, 6) is -0.373. The molecular weight excluding hydrogens is 431 g/mol. The lowest BCUT2D eigenvalue weighted by molar-refractivity contribution is 0.623. The molecule has 0 aliphatic heterocycles. The van der Waals surface area contributed by atoms with Crippen molar-refractivity contribution in [1.82, 2.24) is 19.1 Å². The number of nitrogens with zero attached hydrogens (tertiary/aromatic N) is 4. The van der Waals surface area contributed by atoms with Crippen molar-refractivity contribution in [2.75, 3.05) is 0 Å². The number of hydrogen-bond donors (Lipinski definition) is 0. The van der Waals surface area contributed by atoms with Crippen LogP contribution in [-0.2, 0) is 25.9 Å². The third kappa shape index (κ3) is 5.24. The van der Waals surface area contributed by atoms with Crippen LogP contribution in [0.1, 0.15) is 58.3 Å². The van der Waals surface area contributed by atoms with Gasteiger partial charge in [0.15, 0.2) is 5.82 Å². The summed E-state index contributed by atoms with van der Waals surface area (Å²) in [4.78, 5) is 32.9. The molecule has 4 aromatic rings. The SMILES string of the molecule is CCCCn1c(=O)c(CC)nc2ccccc21.CCCc1nc2c(F)cccc2n(CC)c1=O. The Morgan fingerprint density at radius 2 is 1.50 bits per heavy atom. The summed E-state index contributed by atoms with van der Waals surface area (Å²) in [6, 6.07) is 12.6. The molecule has 2 aromatic carbocycles. The van der Waals surface area contributed by atoms with Gasteiger partial charge >= 0.3 is 0 Å². The molecule has 0 unspecified atom stereocenters. The highest BCUT2D eigenvalue weighted by Gasteiger charge is 2.12. The normalized spacial score (nSPS) is 11.0. The molecule has 2 heterocycles. The monoisotopic (exact) mass is 464 g/mol. The molecule has 180 valence electrons. The number of benzene rings is 2. The van der Waals surface area contributed by atoms with Gasteiger partial charge in [-0.05, 0) is 50.5 Å². The molecule has 7 heteroatoms. The molecule has 0 saturated carbocycles. The highest BCUT2D eigenvalue weighted by Crippen LogP contribution is 2.15. The van der Waals surface area contributed by atoms with Crippen LogP contribution in [-0.4, -0.2) is 19.1 Å². The maximum absolute atomic E-state index is 13.7. The van der Waals surface area contributed by atoms with Crippen molar-refractivity contribution in [2.24, 2.45) is 0 Å². The number of hydrogen-bond acceptors (Lipinski definition) is 4. The fourth-order valence-electron chi connectivity index (χ4n) is 4.01. The molecule has 0 bridgehead atoms. The number of unbranched alkanes of at least 4 members (excludes halogenated alkanes) is 1. The van der Waals surface area contributed by atoms with Gasteiger partial charge in [0.05, 0.1) is 16.6 Å². The molecule has 0 radical (unpaired) electrons. The molecule has 0 aliphatic carbocycles. The van der Waals surface area contributed by atoms with Gasteiger partial charge in [-0.1, -0.05) is 51.8 Å². The minimum Gasteiger partial charge on any atom is -0.305 e. The van der Waals surface area contributed by atoms with Crippen molar-refractivity contribution in [1.29, 1.82) is 0 Å². The van der Waals surface area contributed by atoms with Crippen molar-refractivity contribution in [3.8, 4) is 0 Å². The summed E-state index contributed by atoms with van der Waals surface area (Å²) in [5, 5.41) is 0. The highest BCUT2D eigenvalue weighted by molar-refractivity contribution is 5.75. The Morgan fingerprint density at radius 3 is 2.18 bits per heavy atom. The molecule has 0 aliphatic rings. The highest BCUT2D eigenvalue weighted by atomic mass is 19.1. The molecule has 4 rings (SSSR count). The van der Waals surface area contributed by atoms with E-state index in [0.717, 1.165) is 36.8 Å². The summed E-state index contributed by atoms with van der Waals surface area (Å²) in [7, 11) is 0. The largest absolute Gasteiger partial charge is 0.305 e. The first-order valence-corrected chi connectivity index (χ1v) is 12.1. The van der Waals surface area contributed by atoms with Gasteiger partial charge < -0.3 is 9.13 Å². The van der Waals surface area contributed by atoms with Gasteiger partial charge in [-0.15, -0.1) is 0 Å². The second-order valence-electron chi connectivity index (χ2n) is 8.18. The number of fused-ring (bicyclic) bond motifs is 2. The molecule has 0 saturated heterocycles. The van der Waals surface area contributed by atoms with Gasteiger partial charge in [-0.2, -0.15) is 0 Å². The van der Waals surface area contributed by atoms with Gasteiger partial charge in [0.1, 0.15) is 16.9 Å². The predicted octanol–water partition coefficient (Wildman–Crippen LogP) is 5.27. The average molecular weight is 465 g/mol. The van der Waals surface area contributed by atoms with E-state index in [1.807, 2.05) is 49.6 Å². The van der Waals surface area contributed by atoms with E-state index in [2.05, 4.69) is 16.9 Å². The standard InChI is InChI=1S/C14H18N2O.C13H15FN2O/c1-3-5-10-16-13-9-7-6-8-12(13)15-11(4-2)14(16)17;1-3-6-10-13(17)16(4-2)11-8-5-7-9(14)12(11)15-10/h6-9H,3-5,10H2,1-2H3;5,7-8H,3-4,6H2,1-2H3. The fraction of sp³-hybridized carbons (Fsp3) is 0.407. The lowest BCUT2D eigenvalue weighted by Crippen LogP contribution is -2.25. The summed E-state index contributed by atoms with van der Waals surface area (Å²) < 4.78 is 17.1. The molecule has 0 atom stereocenters. The topological polar surface area (TPSA) is 69.8 Å². The first kappa shape index (κ1) is 25.3. The van der Waals surface area contributed by atoms with Crippen LogP contribution in [0.5, 0.6) is 0 Å². The first-order chi connectivity index (χ1) is 16.5. The minimum atomic E-state index is -0.373. The number of aromatic nitrogens is 4. The smallest absolute Gasteiger partial charge is 0.272 e. The van der Waals surface area contributed by atoms with Gasteiger partial charge in [0.25, 0.3) is 11.1 Å². The van der Waals surface area contributed by atoms with E-state index in [1.54, 1.807) is 16.7 Å². The van der Waals surface area contributed by atoms with Crippen LogP contribution in [0, 0.1) is 5.82 Å². The summed E-state index contributed by atoms with van der Waals surface area (Å²) in [6.45, 7) is 9.27. The molecule has 0 N–H and O–H groups in total. The first-order valence-electron chi connectivity index (χ1n) is 12.1. The third-order valence-electron chi connectivity index (χ3n) is 5.79. The molecule has 0 amide bonds. The Bertz CT molecular complexity index is 1390. The summed E-state index contributed by atoms with van der Waals surface area (Å²) in [5.41, 5.74) is 3.80. The van der Waals surface area contributed by atoms with Crippen molar-refractivity contribution < 1.29 is 4.39 Å². The number of aryl methyl sites for hydroxylation is 4. The van der Waals surface area contributed by atoms with Gasteiger partial charge in [0, 0.05) is 13.1 Å². The van der Waals surface area contributed by atoms with E-state index in [-0.39, 0.29) is 22.5 Å². The second kappa shape index (κ2) is 11.7. The van der Waals surface area contributed by atoms with Crippen LogP contribution in [0.3, 0.4) is 0 Å². The zero-order valence-electron chi connectivity index (χ0n) is 20.5. The second-order valence-corrected chi connectivity index (χ2v) is 8.18. The van der Waals surface area contributed by atoms with Crippen LogP contribution in [0.25, 0.3) is 22.1 Å². The van der Waals surface area contributed by atoms with E-state index < -0.39 is 0 Å². The van der Waals surface area contributed by atoms with E-state index in [4.69, 9.17) is 0 Å². The van der Waals surface area contributed by atoms with Crippen LogP contribution in [0.4, 0.5) is 4.39 Å². The van der Waals surface area contributed by atoms with Crippen molar-refractivity contribution >= 4 is 22.1 Å². The third-order valence-corrected chi connectivity index (χ3v) is 5.79. The Labute approximate surface area is 199 Å². The molecule has 2 aromatic heterocycles. The quantitative estimate of drug-likeness (QED) is 0.374. The zero-order valence-corrected chi connectivity index (χ0v) is 20.5. The van der Waals surface area contributed by atoms with Crippen LogP contribution in [0.15, 0.2) is 52.1 Å². The molecular formula is C27H33FN4O2. The van der Waals surface area contributed by atoms with Crippen molar-refractivity contribution in [3.63, 3.8) is 0 Å². The Kier molecular flexibility index (Phi) is 8.68. The number of halogens is 1. The van der Waals surface area contributed by atoms with Gasteiger partial charge in [0.2, 0.25) is 0 Å². The van der Waals surface area contributed by atoms with Crippen LogP contribution in [0.2, 0.25) is 0 Å². The maximum Gasteiger partial charge on any atom is 0.272 e. The lowest BCUT2D eigenvalue weighted by atomic mass is 10.2. The summed E-state index contributed by atoms with van der Waals surface area (Å²) in [6.07, 6.45) is 4.21. The molecule has 6 nitrogen and oxygen atoms in total. The van der Waals surface area contributed by atoms with Gasteiger partial charge in [-0.3, -0.25) is 9.59 Å². The number of para-hydroxylation sites is 3. The molecule has 0 spiro atoms. The Morgan fingerprint density at radius 1 is 0.794 bits per heavy atom. The van der Waals surface area contributed by atoms with Gasteiger partial charge in [-0.25, -0.2) is 14.4 Å². The lowest BCUT2D eigenvalue weighted by Gasteiger charge is -2.10. The minimum absolute atomic E-state index is 0.0691. The van der Waals surface area contributed by atoms with E-state index >= 15 is 0 Å². The Balaban J connectivity index is 0.000000191. The average Bonchev–Trinajstić information content (AvgIpc) is 2.85. The van der Waals surface area contributed by atoms with Crippen LogP contribution >= 0.6 is 0 Å². The van der Waals surface area contributed by atoms with E-state index in [0.29, 0.717) is 36.3 Å². The zero-order chi connectivity index (χ0) is 24.7. The van der Waals surface area contributed by atoms with Crippen LogP contribution < -0.4 is 11.1 Å².